The Morgan fingerprint density at radius 3 is 2.46 bits per heavy atom. The number of aryl methyl sites for hydroxylation is 1. The van der Waals surface area contributed by atoms with E-state index < -0.39 is 29.2 Å². The molecule has 2 aromatic carbocycles. The number of hydrogen-bond donors (Lipinski definition) is 2. The number of esters is 1. The third kappa shape index (κ3) is 5.38. The number of carbonyl (C=O) groups excluding carboxylic acids is 3. The molecule has 0 aliphatic rings. The Morgan fingerprint density at radius 2 is 1.78 bits per heavy atom. The second-order valence-electron chi connectivity index (χ2n) is 7.82. The number of non-ortho nitro benzene ring substituents is 1. The van der Waals surface area contributed by atoms with E-state index in [-0.39, 0.29) is 27.4 Å². The summed E-state index contributed by atoms with van der Waals surface area (Å²) in [5.74, 6) is -1.56. The van der Waals surface area contributed by atoms with Crippen molar-refractivity contribution in [2.75, 3.05) is 24.8 Å². The number of methoxy groups -OCH3 is 1. The van der Waals surface area contributed by atoms with Gasteiger partial charge in [-0.05, 0) is 49.4 Å². The molecule has 11 nitrogen and oxygen atoms in total. The van der Waals surface area contributed by atoms with Crippen molar-refractivity contribution in [3.05, 3.63) is 86.4 Å². The van der Waals surface area contributed by atoms with Crippen molar-refractivity contribution >= 4 is 56.3 Å². The number of ketones is 1. The summed E-state index contributed by atoms with van der Waals surface area (Å²) in [5, 5.41) is 14.1. The Hall–Kier alpha value is -4.84. The molecule has 4 rings (SSSR count). The van der Waals surface area contributed by atoms with Gasteiger partial charge in [0.15, 0.2) is 12.4 Å². The lowest BCUT2D eigenvalue weighted by molar-refractivity contribution is -0.384. The lowest BCUT2D eigenvalue weighted by Crippen LogP contribution is -2.16. The number of nitrogen functional groups attached to an aromatic ring is 1. The van der Waals surface area contributed by atoms with Gasteiger partial charge in [-0.2, -0.15) is 0 Å². The van der Waals surface area contributed by atoms with E-state index in [9.17, 15) is 24.5 Å². The maximum absolute atomic E-state index is 13.0. The van der Waals surface area contributed by atoms with Crippen molar-refractivity contribution in [3.8, 4) is 5.75 Å². The fraction of sp³-hybridized carbons (Fsp3) is 0.120. The monoisotopic (exact) mass is 520 g/mol. The standard InChI is InChI=1S/C25H20N4O7S/c1-13-3-9-17-21(26)22(37-24(17)27-13)23(31)28-18-11-15(6-10-20(18)35-2)25(32)36-12-19(30)14-4-7-16(8-5-14)29(33)34/h3-11H,12,26H2,1-2H3,(H,28,31). The molecule has 188 valence electrons. The van der Waals surface area contributed by atoms with Gasteiger partial charge < -0.3 is 20.5 Å². The third-order valence-electron chi connectivity index (χ3n) is 5.36. The highest BCUT2D eigenvalue weighted by atomic mass is 32.1. The van der Waals surface area contributed by atoms with Crippen molar-refractivity contribution in [2.24, 2.45) is 0 Å². The Balaban J connectivity index is 1.48. The van der Waals surface area contributed by atoms with Gasteiger partial charge in [0.25, 0.3) is 11.6 Å². The van der Waals surface area contributed by atoms with Gasteiger partial charge in [-0.1, -0.05) is 0 Å². The van der Waals surface area contributed by atoms with Crippen LogP contribution in [-0.4, -0.2) is 41.3 Å². The van der Waals surface area contributed by atoms with Crippen LogP contribution >= 0.6 is 11.3 Å². The number of pyridine rings is 1. The average Bonchev–Trinajstić information content (AvgIpc) is 3.22. The van der Waals surface area contributed by atoms with Gasteiger partial charge in [-0.25, -0.2) is 9.78 Å². The Kier molecular flexibility index (Phi) is 7.11. The summed E-state index contributed by atoms with van der Waals surface area (Å²) < 4.78 is 10.4. The molecule has 0 radical (unpaired) electrons. The van der Waals surface area contributed by atoms with Crippen LogP contribution in [0, 0.1) is 17.0 Å². The highest BCUT2D eigenvalue weighted by Gasteiger charge is 2.20. The number of benzene rings is 2. The van der Waals surface area contributed by atoms with Crippen LogP contribution in [0.4, 0.5) is 17.1 Å². The van der Waals surface area contributed by atoms with Gasteiger partial charge in [0.1, 0.15) is 15.5 Å². The lowest BCUT2D eigenvalue weighted by Gasteiger charge is -2.12. The van der Waals surface area contributed by atoms with E-state index in [1.807, 2.05) is 6.92 Å². The number of nitrogens with zero attached hydrogens (tertiary/aromatic N) is 2. The molecule has 2 heterocycles. The second-order valence-corrected chi connectivity index (χ2v) is 8.82. The molecule has 12 heteroatoms. The van der Waals surface area contributed by atoms with Gasteiger partial charge >= 0.3 is 5.97 Å². The molecular weight excluding hydrogens is 500 g/mol. The van der Waals surface area contributed by atoms with Crippen LogP contribution in [0.1, 0.15) is 36.1 Å². The largest absolute Gasteiger partial charge is 0.495 e. The Bertz CT molecular complexity index is 1550. The Labute approximate surface area is 214 Å². The van der Waals surface area contributed by atoms with Gasteiger partial charge in [-0.15, -0.1) is 11.3 Å². The maximum Gasteiger partial charge on any atom is 0.338 e. The fourth-order valence-electron chi connectivity index (χ4n) is 3.44. The predicted octanol–water partition coefficient (Wildman–Crippen LogP) is 4.40. The summed E-state index contributed by atoms with van der Waals surface area (Å²) in [5.41, 5.74) is 7.52. The van der Waals surface area contributed by atoms with E-state index in [1.54, 1.807) is 12.1 Å². The molecule has 0 spiro atoms. The summed E-state index contributed by atoms with van der Waals surface area (Å²) in [6.45, 7) is 1.26. The normalized spacial score (nSPS) is 10.6. The molecule has 1 amide bonds. The van der Waals surface area contributed by atoms with Crippen LogP contribution in [0.3, 0.4) is 0 Å². The number of rotatable bonds is 8. The minimum atomic E-state index is -0.811. The predicted molar refractivity (Wildman–Crippen MR) is 137 cm³/mol. The van der Waals surface area contributed by atoms with Crippen LogP contribution in [0.25, 0.3) is 10.2 Å². The molecule has 37 heavy (non-hydrogen) atoms. The van der Waals surface area contributed by atoms with Gasteiger partial charge in [0.2, 0.25) is 0 Å². The van der Waals surface area contributed by atoms with Crippen LogP contribution in [0.2, 0.25) is 0 Å². The minimum absolute atomic E-state index is 0.0641. The number of hydrogen-bond acceptors (Lipinski definition) is 10. The number of carbonyl (C=O) groups is 3. The molecule has 0 saturated carbocycles. The van der Waals surface area contributed by atoms with Gasteiger partial charge in [-0.3, -0.25) is 19.7 Å². The number of anilines is 2. The smallest absolute Gasteiger partial charge is 0.338 e. The molecule has 0 aliphatic carbocycles. The summed E-state index contributed by atoms with van der Waals surface area (Å²) in [6, 6.07) is 12.8. The van der Waals surface area contributed by atoms with Crippen LogP contribution in [0.15, 0.2) is 54.6 Å². The average molecular weight is 521 g/mol. The zero-order chi connectivity index (χ0) is 26.7. The first kappa shape index (κ1) is 25.3. The van der Waals surface area contributed by atoms with Crippen molar-refractivity contribution in [1.29, 1.82) is 0 Å². The quantitative estimate of drug-likeness (QED) is 0.148. The van der Waals surface area contributed by atoms with E-state index in [0.717, 1.165) is 17.0 Å². The van der Waals surface area contributed by atoms with E-state index in [2.05, 4.69) is 10.3 Å². The molecule has 0 fully saturated rings. The number of ether oxygens (including phenoxy) is 2. The molecule has 0 aliphatic heterocycles. The first-order chi connectivity index (χ1) is 17.7. The molecule has 0 bridgehead atoms. The van der Waals surface area contributed by atoms with Crippen LogP contribution in [-0.2, 0) is 4.74 Å². The molecule has 3 N–H and O–H groups in total. The molecule has 4 aromatic rings. The highest BCUT2D eigenvalue weighted by molar-refractivity contribution is 7.21. The maximum atomic E-state index is 13.0. The number of fused-ring (bicyclic) bond motifs is 1. The van der Waals surface area contributed by atoms with E-state index >= 15 is 0 Å². The zero-order valence-corrected chi connectivity index (χ0v) is 20.5. The Morgan fingerprint density at radius 1 is 1.08 bits per heavy atom. The number of nitrogens with one attached hydrogen (secondary N) is 1. The van der Waals surface area contributed by atoms with E-state index in [0.29, 0.717) is 21.7 Å². The number of amides is 1. The van der Waals surface area contributed by atoms with E-state index in [1.165, 1.54) is 49.6 Å². The summed E-state index contributed by atoms with van der Waals surface area (Å²) >= 11 is 1.15. The van der Waals surface area contributed by atoms with Crippen molar-refractivity contribution in [3.63, 3.8) is 0 Å². The fourth-order valence-corrected chi connectivity index (χ4v) is 4.47. The van der Waals surface area contributed by atoms with E-state index in [4.69, 9.17) is 15.2 Å². The number of nitro groups is 1. The van der Waals surface area contributed by atoms with Crippen molar-refractivity contribution in [1.82, 2.24) is 4.98 Å². The lowest BCUT2D eigenvalue weighted by atomic mass is 10.1. The zero-order valence-electron chi connectivity index (χ0n) is 19.6. The van der Waals surface area contributed by atoms with Crippen LogP contribution in [0.5, 0.6) is 5.75 Å². The van der Waals surface area contributed by atoms with Crippen molar-refractivity contribution in [2.45, 2.75) is 6.92 Å². The van der Waals surface area contributed by atoms with Crippen LogP contribution < -0.4 is 15.8 Å². The molecule has 2 aromatic heterocycles. The topological polar surface area (TPSA) is 164 Å². The number of aromatic nitrogens is 1. The molecule has 0 saturated heterocycles. The first-order valence-electron chi connectivity index (χ1n) is 10.8. The highest BCUT2D eigenvalue weighted by Crippen LogP contribution is 2.34. The number of nitro benzene ring substituents is 1. The van der Waals surface area contributed by atoms with Crippen molar-refractivity contribution < 1.29 is 28.8 Å². The summed E-state index contributed by atoms with van der Waals surface area (Å²) in [7, 11) is 1.41. The minimum Gasteiger partial charge on any atom is -0.495 e. The molecular formula is C25H20N4O7S. The van der Waals surface area contributed by atoms with Gasteiger partial charge in [0, 0.05) is 28.8 Å². The van der Waals surface area contributed by atoms with Gasteiger partial charge in [0.05, 0.1) is 29.0 Å². The first-order valence-corrected chi connectivity index (χ1v) is 11.6. The summed E-state index contributed by atoms with van der Waals surface area (Å²) in [4.78, 5) is 53.4. The third-order valence-corrected chi connectivity index (χ3v) is 6.47. The number of Topliss-reactive ketones (excluding diaryl/α,β-unsaturated/α-hetero) is 1. The summed E-state index contributed by atoms with van der Waals surface area (Å²) in [6.07, 6.45) is 0. The molecule has 0 unspecified atom stereocenters. The number of thiophene rings is 1. The number of nitrogens with two attached hydrogens (primary N) is 1. The second kappa shape index (κ2) is 10.4. The SMILES string of the molecule is COc1ccc(C(=O)OCC(=O)c2ccc([N+](=O)[O-])cc2)cc1NC(=O)c1sc2nc(C)ccc2c1N. The molecule has 0 atom stereocenters.